The fourth-order valence-electron chi connectivity index (χ4n) is 2.82. The first-order chi connectivity index (χ1) is 13.9. The lowest BCUT2D eigenvalue weighted by atomic mass is 10.1. The fourth-order valence-corrected chi connectivity index (χ4v) is 2.82. The number of anilines is 2. The van der Waals surface area contributed by atoms with Crippen molar-refractivity contribution in [3.05, 3.63) is 89.5 Å². The second-order valence-corrected chi connectivity index (χ2v) is 6.79. The van der Waals surface area contributed by atoms with Crippen molar-refractivity contribution in [2.75, 3.05) is 5.32 Å². The van der Waals surface area contributed by atoms with E-state index in [1.807, 2.05) is 44.2 Å². The molecule has 0 atom stereocenters. The van der Waals surface area contributed by atoms with Crippen LogP contribution >= 0.6 is 0 Å². The lowest BCUT2D eigenvalue weighted by Crippen LogP contribution is -2.36. The van der Waals surface area contributed by atoms with Crippen LogP contribution in [-0.4, -0.2) is 21.8 Å². The Labute approximate surface area is 167 Å². The molecule has 4 nitrogen and oxygen atoms in total. The number of hydrogen-bond donors (Lipinski definition) is 1. The molecule has 3 aromatic rings. The average molecular weight is 399 g/mol. The number of rotatable bonds is 6. The molecule has 0 bridgehead atoms. The molecule has 0 unspecified atom stereocenters. The van der Waals surface area contributed by atoms with Crippen LogP contribution in [0.15, 0.2) is 60.8 Å². The Morgan fingerprint density at radius 3 is 2.45 bits per heavy atom. The minimum atomic E-state index is -1.56. The maximum Gasteiger partial charge on any atom is 0.273 e. The second kappa shape index (κ2) is 8.77. The zero-order valence-electron chi connectivity index (χ0n) is 16.0. The summed E-state index contributed by atoms with van der Waals surface area (Å²) in [5.41, 5.74) is 1.23. The lowest BCUT2D eigenvalue weighted by Gasteiger charge is -2.26. The normalized spacial score (nSPS) is 10.8. The molecule has 0 aliphatic heterocycles. The maximum atomic E-state index is 13.9. The van der Waals surface area contributed by atoms with E-state index in [4.69, 9.17) is 0 Å². The monoisotopic (exact) mass is 399 g/mol. The number of benzene rings is 2. The zero-order valence-corrected chi connectivity index (χ0v) is 16.0. The van der Waals surface area contributed by atoms with Gasteiger partial charge in [-0.2, -0.15) is 0 Å². The first-order valence-electron chi connectivity index (χ1n) is 9.08. The molecule has 0 fully saturated rings. The van der Waals surface area contributed by atoms with Gasteiger partial charge in [-0.3, -0.25) is 9.78 Å². The van der Waals surface area contributed by atoms with Crippen LogP contribution < -0.4 is 5.32 Å². The summed E-state index contributed by atoms with van der Waals surface area (Å²) >= 11 is 0. The summed E-state index contributed by atoms with van der Waals surface area (Å²) in [5, 5.41) is 2.66. The lowest BCUT2D eigenvalue weighted by molar-refractivity contribution is 0.0684. The van der Waals surface area contributed by atoms with Gasteiger partial charge in [0.15, 0.2) is 17.5 Å². The highest BCUT2D eigenvalue weighted by molar-refractivity contribution is 5.93. The largest absolute Gasteiger partial charge is 0.353 e. The number of nitrogens with one attached hydrogen (secondary N) is 1. The highest BCUT2D eigenvalue weighted by Crippen LogP contribution is 2.24. The van der Waals surface area contributed by atoms with E-state index >= 15 is 0 Å². The number of hydrogen-bond acceptors (Lipinski definition) is 3. The quantitative estimate of drug-likeness (QED) is 0.573. The maximum absolute atomic E-state index is 13.9. The number of aromatic nitrogens is 1. The van der Waals surface area contributed by atoms with E-state index in [9.17, 15) is 18.0 Å². The predicted octanol–water partition coefficient (Wildman–Crippen LogP) is 5.29. The van der Waals surface area contributed by atoms with Crippen LogP contribution in [0.25, 0.3) is 0 Å². The smallest absolute Gasteiger partial charge is 0.273 e. The van der Waals surface area contributed by atoms with Gasteiger partial charge < -0.3 is 10.2 Å². The molecule has 1 N–H and O–H groups in total. The molecule has 2 aromatic carbocycles. The summed E-state index contributed by atoms with van der Waals surface area (Å²) in [6, 6.07) is 14.4. The van der Waals surface area contributed by atoms with Crippen molar-refractivity contribution in [1.82, 2.24) is 9.88 Å². The fraction of sp³-hybridized carbons (Fsp3) is 0.182. The summed E-state index contributed by atoms with van der Waals surface area (Å²) in [7, 11) is 0. The Morgan fingerprint density at radius 1 is 1.03 bits per heavy atom. The van der Waals surface area contributed by atoms with Crippen LogP contribution in [0.5, 0.6) is 0 Å². The summed E-state index contributed by atoms with van der Waals surface area (Å²) in [6.07, 6.45) is 1.40. The van der Waals surface area contributed by atoms with Crippen LogP contribution in [0.2, 0.25) is 0 Å². The van der Waals surface area contributed by atoms with E-state index in [0.29, 0.717) is 12.2 Å². The highest BCUT2D eigenvalue weighted by Gasteiger charge is 2.21. The number of pyridine rings is 1. The molecule has 0 saturated heterocycles. The van der Waals surface area contributed by atoms with E-state index in [1.54, 1.807) is 4.90 Å². The van der Waals surface area contributed by atoms with E-state index in [0.717, 1.165) is 17.7 Å². The first-order valence-corrected chi connectivity index (χ1v) is 9.08. The first kappa shape index (κ1) is 20.4. The Morgan fingerprint density at radius 2 is 1.76 bits per heavy atom. The molecular formula is C22H20F3N3O. The summed E-state index contributed by atoms with van der Waals surface area (Å²) in [5.74, 6) is -4.46. The van der Waals surface area contributed by atoms with Crippen molar-refractivity contribution in [2.24, 2.45) is 0 Å². The van der Waals surface area contributed by atoms with Crippen LogP contribution in [-0.2, 0) is 6.54 Å². The Kier molecular flexibility index (Phi) is 6.16. The minimum absolute atomic E-state index is 0.0789. The van der Waals surface area contributed by atoms with Crippen LogP contribution in [0.4, 0.5) is 24.5 Å². The zero-order chi connectivity index (χ0) is 21.0. The van der Waals surface area contributed by atoms with Gasteiger partial charge in [-0.25, -0.2) is 13.2 Å². The number of amides is 1. The summed E-state index contributed by atoms with van der Waals surface area (Å²) < 4.78 is 40.5. The van der Waals surface area contributed by atoms with Crippen molar-refractivity contribution in [2.45, 2.75) is 26.4 Å². The molecule has 1 amide bonds. The van der Waals surface area contributed by atoms with Crippen LogP contribution in [0, 0.1) is 17.5 Å². The second-order valence-electron chi connectivity index (χ2n) is 6.79. The summed E-state index contributed by atoms with van der Waals surface area (Å²) in [4.78, 5) is 18.8. The molecule has 0 radical (unpaired) electrons. The van der Waals surface area contributed by atoms with E-state index < -0.39 is 17.5 Å². The third kappa shape index (κ3) is 4.74. The Bertz CT molecular complexity index is 1010. The van der Waals surface area contributed by atoms with Crippen LogP contribution in [0.3, 0.4) is 0 Å². The molecule has 3 rings (SSSR count). The predicted molar refractivity (Wildman–Crippen MR) is 105 cm³/mol. The number of nitrogens with zero attached hydrogens (tertiary/aromatic N) is 2. The van der Waals surface area contributed by atoms with Gasteiger partial charge in [0.25, 0.3) is 5.91 Å². The molecule has 0 saturated carbocycles. The van der Waals surface area contributed by atoms with Crippen molar-refractivity contribution in [3.63, 3.8) is 0 Å². The molecule has 1 aromatic heterocycles. The van der Waals surface area contributed by atoms with Gasteiger partial charge in [-0.15, -0.1) is 0 Å². The standard InChI is InChI=1S/C22H20F3N3O/c1-14(2)28(13-15-6-4-3-5-7-15)22(29)19-12-16(10-11-26-19)27-18-9-8-17(23)20(24)21(18)25/h3-12,14H,13H2,1-2H3,(H,26,27). The van der Waals surface area contributed by atoms with Gasteiger partial charge in [0.05, 0.1) is 5.69 Å². The van der Waals surface area contributed by atoms with Crippen molar-refractivity contribution >= 4 is 17.3 Å². The van der Waals surface area contributed by atoms with Gasteiger partial charge in [-0.05, 0) is 43.7 Å². The molecule has 0 aliphatic carbocycles. The molecule has 150 valence electrons. The van der Waals surface area contributed by atoms with Gasteiger partial charge in [0.1, 0.15) is 5.69 Å². The van der Waals surface area contributed by atoms with Gasteiger partial charge in [-0.1, -0.05) is 30.3 Å². The third-order valence-corrected chi connectivity index (χ3v) is 4.37. The molecular weight excluding hydrogens is 379 g/mol. The molecule has 1 heterocycles. The van der Waals surface area contributed by atoms with E-state index in [-0.39, 0.29) is 23.3 Å². The Hall–Kier alpha value is -3.35. The number of carbonyl (C=O) groups is 1. The number of carbonyl (C=O) groups excluding carboxylic acids is 1. The Balaban J connectivity index is 1.84. The van der Waals surface area contributed by atoms with Gasteiger partial charge in [0, 0.05) is 24.5 Å². The SMILES string of the molecule is CC(C)N(Cc1ccccc1)C(=O)c1cc(Nc2ccc(F)c(F)c2F)ccn1. The molecule has 7 heteroatoms. The highest BCUT2D eigenvalue weighted by atomic mass is 19.2. The topological polar surface area (TPSA) is 45.2 Å². The molecule has 29 heavy (non-hydrogen) atoms. The van der Waals surface area contributed by atoms with Crippen molar-refractivity contribution in [1.29, 1.82) is 0 Å². The van der Waals surface area contributed by atoms with Crippen LogP contribution in [0.1, 0.15) is 29.9 Å². The third-order valence-electron chi connectivity index (χ3n) is 4.37. The minimum Gasteiger partial charge on any atom is -0.353 e. The molecule has 0 spiro atoms. The van der Waals surface area contributed by atoms with Crippen molar-refractivity contribution in [3.8, 4) is 0 Å². The van der Waals surface area contributed by atoms with E-state index in [2.05, 4.69) is 10.3 Å². The van der Waals surface area contributed by atoms with Gasteiger partial charge in [0.2, 0.25) is 0 Å². The average Bonchev–Trinajstić information content (AvgIpc) is 2.73. The number of halogens is 3. The van der Waals surface area contributed by atoms with E-state index in [1.165, 1.54) is 18.3 Å². The van der Waals surface area contributed by atoms with Gasteiger partial charge >= 0.3 is 0 Å². The summed E-state index contributed by atoms with van der Waals surface area (Å²) in [6.45, 7) is 4.22. The molecule has 0 aliphatic rings. The van der Waals surface area contributed by atoms with Crippen molar-refractivity contribution < 1.29 is 18.0 Å².